The van der Waals surface area contributed by atoms with Crippen LogP contribution in [0.15, 0.2) is 12.4 Å². The highest BCUT2D eigenvalue weighted by Crippen LogP contribution is 2.28. The van der Waals surface area contributed by atoms with Crippen molar-refractivity contribution in [2.75, 3.05) is 31.1 Å². The molecule has 12 heteroatoms. The Bertz CT molecular complexity index is 528. The topological polar surface area (TPSA) is 78.3 Å². The van der Waals surface area contributed by atoms with Crippen LogP contribution in [0.4, 0.5) is 32.2 Å². The van der Waals surface area contributed by atoms with Crippen molar-refractivity contribution in [1.82, 2.24) is 15.3 Å². The van der Waals surface area contributed by atoms with Crippen LogP contribution in [-0.2, 0) is 11.0 Å². The summed E-state index contributed by atoms with van der Waals surface area (Å²) in [6, 6.07) is 0.991. The fraction of sp³-hybridized carbons (Fsp3) is 0.545. The zero-order valence-corrected chi connectivity index (χ0v) is 11.4. The fourth-order valence-electron chi connectivity index (χ4n) is 1.57. The van der Waals surface area contributed by atoms with Gasteiger partial charge in [-0.15, -0.1) is 0 Å². The normalized spacial score (nSPS) is 15.7. The molecule has 1 saturated heterocycles. The molecule has 1 aliphatic rings. The number of carboxylic acids is 1. The van der Waals surface area contributed by atoms with Gasteiger partial charge in [0.05, 0.1) is 0 Å². The number of hydrogen-bond donors (Lipinski definition) is 2. The molecule has 1 fully saturated rings. The average molecular weight is 346 g/mol. The van der Waals surface area contributed by atoms with E-state index in [1.807, 2.05) is 4.90 Å². The van der Waals surface area contributed by atoms with E-state index in [9.17, 15) is 26.3 Å². The predicted octanol–water partition coefficient (Wildman–Crippen LogP) is 1.54. The minimum atomic E-state index is -5.08. The van der Waals surface area contributed by atoms with E-state index in [0.717, 1.165) is 25.5 Å². The third-order valence-electron chi connectivity index (χ3n) is 2.63. The lowest BCUT2D eigenvalue weighted by Crippen LogP contribution is -2.44. The quantitative estimate of drug-likeness (QED) is 0.751. The Balaban J connectivity index is 0.000000322. The lowest BCUT2D eigenvalue weighted by Gasteiger charge is -2.28. The molecular formula is C11H12F6N4O2. The number of carbonyl (C=O) groups is 1. The molecule has 0 atom stereocenters. The van der Waals surface area contributed by atoms with Crippen LogP contribution in [0, 0.1) is 0 Å². The Morgan fingerprint density at radius 3 is 2.09 bits per heavy atom. The molecule has 0 radical (unpaired) electrons. The van der Waals surface area contributed by atoms with Gasteiger partial charge >= 0.3 is 18.3 Å². The van der Waals surface area contributed by atoms with Crippen molar-refractivity contribution < 1.29 is 36.2 Å². The third-order valence-corrected chi connectivity index (χ3v) is 2.63. The molecule has 0 aromatic carbocycles. The van der Waals surface area contributed by atoms with Crippen LogP contribution in [0.3, 0.4) is 0 Å². The van der Waals surface area contributed by atoms with Crippen molar-refractivity contribution in [2.24, 2.45) is 0 Å². The Hall–Kier alpha value is -2.11. The van der Waals surface area contributed by atoms with Gasteiger partial charge in [-0.05, 0) is 0 Å². The van der Waals surface area contributed by atoms with E-state index in [2.05, 4.69) is 15.3 Å². The van der Waals surface area contributed by atoms with Crippen molar-refractivity contribution in [3.8, 4) is 0 Å². The summed E-state index contributed by atoms with van der Waals surface area (Å²) in [5, 5.41) is 10.2. The van der Waals surface area contributed by atoms with Gasteiger partial charge in [-0.2, -0.15) is 26.3 Å². The van der Waals surface area contributed by atoms with E-state index in [1.165, 1.54) is 0 Å². The summed E-state index contributed by atoms with van der Waals surface area (Å²) in [5.74, 6) is -2.42. The molecule has 1 aromatic rings. The van der Waals surface area contributed by atoms with Gasteiger partial charge in [0.15, 0.2) is 0 Å². The molecule has 23 heavy (non-hydrogen) atoms. The molecule has 6 nitrogen and oxygen atoms in total. The smallest absolute Gasteiger partial charge is 0.475 e. The van der Waals surface area contributed by atoms with Crippen LogP contribution < -0.4 is 10.2 Å². The van der Waals surface area contributed by atoms with Crippen LogP contribution in [0.2, 0.25) is 0 Å². The molecule has 130 valence electrons. The van der Waals surface area contributed by atoms with Crippen LogP contribution in [0.25, 0.3) is 0 Å². The highest BCUT2D eigenvalue weighted by Gasteiger charge is 2.38. The molecule has 2 rings (SSSR count). The predicted molar refractivity (Wildman–Crippen MR) is 65.8 cm³/mol. The van der Waals surface area contributed by atoms with Crippen molar-refractivity contribution in [3.05, 3.63) is 18.1 Å². The second-order valence-electron chi connectivity index (χ2n) is 4.30. The second kappa shape index (κ2) is 7.44. The number of aliphatic carboxylic acids is 1. The average Bonchev–Trinajstić information content (AvgIpc) is 2.47. The Kier molecular flexibility index (Phi) is 6.12. The minimum Gasteiger partial charge on any atom is -0.475 e. The van der Waals surface area contributed by atoms with Crippen molar-refractivity contribution >= 4 is 11.8 Å². The largest absolute Gasteiger partial charge is 0.490 e. The first-order valence-electron chi connectivity index (χ1n) is 6.17. The lowest BCUT2D eigenvalue weighted by molar-refractivity contribution is -0.192. The summed E-state index contributed by atoms with van der Waals surface area (Å²) in [6.45, 7) is 2.83. The van der Waals surface area contributed by atoms with E-state index in [4.69, 9.17) is 9.90 Å². The number of nitrogens with zero attached hydrogens (tertiary/aromatic N) is 3. The summed E-state index contributed by atoms with van der Waals surface area (Å²) in [5.41, 5.74) is -0.893. The maximum Gasteiger partial charge on any atom is 0.490 e. The highest BCUT2D eigenvalue weighted by molar-refractivity contribution is 5.73. The first-order chi connectivity index (χ1) is 10.5. The Morgan fingerprint density at radius 2 is 1.65 bits per heavy atom. The summed E-state index contributed by atoms with van der Waals surface area (Å²) in [4.78, 5) is 17.8. The molecule has 0 spiro atoms. The zero-order chi connectivity index (χ0) is 17.7. The van der Waals surface area contributed by atoms with Gasteiger partial charge in [-0.25, -0.2) is 14.8 Å². The van der Waals surface area contributed by atoms with E-state index < -0.39 is 24.0 Å². The number of carboxylic acid groups (broad SMARTS) is 1. The molecule has 1 aromatic heterocycles. The van der Waals surface area contributed by atoms with E-state index in [0.29, 0.717) is 18.9 Å². The molecule has 0 amide bonds. The first-order valence-corrected chi connectivity index (χ1v) is 6.17. The fourth-order valence-corrected chi connectivity index (χ4v) is 1.57. The van der Waals surface area contributed by atoms with Crippen LogP contribution >= 0.6 is 0 Å². The number of anilines is 1. The van der Waals surface area contributed by atoms with E-state index in [1.54, 1.807) is 0 Å². The van der Waals surface area contributed by atoms with Crippen molar-refractivity contribution in [2.45, 2.75) is 12.4 Å². The first kappa shape index (κ1) is 18.9. The molecule has 2 heterocycles. The maximum absolute atomic E-state index is 12.4. The minimum absolute atomic E-state index is 0.337. The van der Waals surface area contributed by atoms with Crippen LogP contribution in [-0.4, -0.2) is 53.4 Å². The highest BCUT2D eigenvalue weighted by atomic mass is 19.4. The molecule has 2 N–H and O–H groups in total. The van der Waals surface area contributed by atoms with Gasteiger partial charge in [-0.1, -0.05) is 0 Å². The molecular weight excluding hydrogens is 334 g/mol. The number of hydrogen-bond acceptors (Lipinski definition) is 5. The van der Waals surface area contributed by atoms with E-state index in [-0.39, 0.29) is 0 Å². The molecule has 0 bridgehead atoms. The van der Waals surface area contributed by atoms with Gasteiger partial charge in [0.2, 0.25) is 0 Å². The monoisotopic (exact) mass is 346 g/mol. The zero-order valence-electron chi connectivity index (χ0n) is 11.4. The van der Waals surface area contributed by atoms with Gasteiger partial charge in [0, 0.05) is 32.2 Å². The number of halogens is 6. The van der Waals surface area contributed by atoms with Crippen LogP contribution in [0.5, 0.6) is 0 Å². The Morgan fingerprint density at radius 1 is 1.13 bits per heavy atom. The second-order valence-corrected chi connectivity index (χ2v) is 4.30. The summed E-state index contributed by atoms with van der Waals surface area (Å²) < 4.78 is 69.0. The van der Waals surface area contributed by atoms with Crippen molar-refractivity contribution in [3.63, 3.8) is 0 Å². The molecule has 0 aliphatic carbocycles. The van der Waals surface area contributed by atoms with Crippen molar-refractivity contribution in [1.29, 1.82) is 0 Å². The Labute approximate surface area is 126 Å². The van der Waals surface area contributed by atoms with Gasteiger partial charge in [-0.3, -0.25) is 0 Å². The maximum atomic E-state index is 12.4. The van der Waals surface area contributed by atoms with E-state index >= 15 is 0 Å². The number of aromatic nitrogens is 2. The molecule has 0 saturated carbocycles. The number of piperazine rings is 1. The van der Waals surface area contributed by atoms with Gasteiger partial charge < -0.3 is 15.3 Å². The lowest BCUT2D eigenvalue weighted by atomic mass is 10.3. The third kappa shape index (κ3) is 6.26. The van der Waals surface area contributed by atoms with Crippen LogP contribution in [0.1, 0.15) is 5.69 Å². The molecule has 0 unspecified atom stereocenters. The SMILES string of the molecule is FC(F)(F)c1cc(N2CCNCC2)ncn1.O=C(O)C(F)(F)F. The number of nitrogens with one attached hydrogen (secondary N) is 1. The summed E-state index contributed by atoms with van der Waals surface area (Å²) in [7, 11) is 0. The molecule has 1 aliphatic heterocycles. The standard InChI is InChI=1S/C9H11F3N4.C2HF3O2/c10-9(11,12)7-5-8(15-6-14-7)16-3-1-13-2-4-16;3-2(4,5)1(6)7/h5-6,13H,1-4H2;(H,6,7). The summed E-state index contributed by atoms with van der Waals surface area (Å²) >= 11 is 0. The number of alkyl halides is 6. The van der Waals surface area contributed by atoms with Gasteiger partial charge in [0.25, 0.3) is 0 Å². The van der Waals surface area contributed by atoms with Gasteiger partial charge in [0.1, 0.15) is 17.8 Å². The number of rotatable bonds is 1. The summed E-state index contributed by atoms with van der Waals surface area (Å²) in [6.07, 6.45) is -8.54.